The number of hydrogen-bond acceptors (Lipinski definition) is 4. The van der Waals surface area contributed by atoms with Crippen molar-refractivity contribution in [3.05, 3.63) is 70.8 Å². The van der Waals surface area contributed by atoms with Crippen LogP contribution in [-0.4, -0.2) is 22.6 Å². The van der Waals surface area contributed by atoms with E-state index in [1.54, 1.807) is 24.3 Å². The van der Waals surface area contributed by atoms with E-state index in [4.69, 9.17) is 16.0 Å². The van der Waals surface area contributed by atoms with Gasteiger partial charge in [-0.15, -0.1) is 10.2 Å². The van der Waals surface area contributed by atoms with E-state index in [2.05, 4.69) is 15.5 Å². The predicted octanol–water partition coefficient (Wildman–Crippen LogP) is 3.50. The first-order chi connectivity index (χ1) is 11.6. The highest BCUT2D eigenvalue weighted by Gasteiger charge is 2.17. The van der Waals surface area contributed by atoms with Crippen molar-refractivity contribution in [1.29, 1.82) is 0 Å². The number of halogens is 2. The number of carbonyl (C=O) groups is 1. The van der Waals surface area contributed by atoms with E-state index in [0.717, 1.165) is 5.56 Å². The molecule has 122 valence electrons. The fourth-order valence-corrected chi connectivity index (χ4v) is 2.23. The number of rotatable bonds is 5. The summed E-state index contributed by atoms with van der Waals surface area (Å²) in [5.41, 5.74) is 1.20. The summed E-state index contributed by atoms with van der Waals surface area (Å²) in [5, 5.41) is 10.7. The molecule has 0 saturated carbocycles. The zero-order valence-corrected chi connectivity index (χ0v) is 13.3. The van der Waals surface area contributed by atoms with Crippen molar-refractivity contribution in [2.24, 2.45) is 0 Å². The van der Waals surface area contributed by atoms with E-state index in [0.29, 0.717) is 18.0 Å². The first-order valence-corrected chi connectivity index (χ1v) is 7.62. The molecule has 0 aliphatic carbocycles. The van der Waals surface area contributed by atoms with Gasteiger partial charge in [0.05, 0.1) is 5.56 Å². The maximum atomic E-state index is 13.7. The van der Waals surface area contributed by atoms with Gasteiger partial charge in [0.25, 0.3) is 5.89 Å². The number of amides is 1. The summed E-state index contributed by atoms with van der Waals surface area (Å²) in [4.78, 5) is 12.0. The van der Waals surface area contributed by atoms with Crippen LogP contribution in [0.1, 0.15) is 16.2 Å². The van der Waals surface area contributed by atoms with Gasteiger partial charge < -0.3 is 9.73 Å². The van der Waals surface area contributed by atoms with Gasteiger partial charge >= 0.3 is 11.8 Å². The summed E-state index contributed by atoms with van der Waals surface area (Å²) in [6.45, 7) is 0.401. The molecule has 1 amide bonds. The van der Waals surface area contributed by atoms with Crippen LogP contribution in [-0.2, 0) is 6.42 Å². The van der Waals surface area contributed by atoms with E-state index in [-0.39, 0.29) is 17.3 Å². The lowest BCUT2D eigenvalue weighted by molar-refractivity contribution is 0.0920. The third kappa shape index (κ3) is 3.78. The second-order valence-electron chi connectivity index (χ2n) is 5.02. The molecule has 0 atom stereocenters. The third-order valence-corrected chi connectivity index (χ3v) is 3.59. The highest BCUT2D eigenvalue weighted by atomic mass is 35.5. The van der Waals surface area contributed by atoms with Crippen molar-refractivity contribution in [2.45, 2.75) is 6.42 Å². The lowest BCUT2D eigenvalue weighted by Crippen LogP contribution is -2.26. The summed E-state index contributed by atoms with van der Waals surface area (Å²) in [6, 6.07) is 13.3. The maximum absolute atomic E-state index is 13.7. The van der Waals surface area contributed by atoms with E-state index in [9.17, 15) is 9.18 Å². The molecule has 3 aromatic rings. The average molecular weight is 346 g/mol. The Kier molecular flexibility index (Phi) is 4.86. The molecule has 0 bridgehead atoms. The Morgan fingerprint density at radius 2 is 1.88 bits per heavy atom. The minimum Gasteiger partial charge on any atom is -0.412 e. The molecule has 0 unspecified atom stereocenters. The molecule has 2 aromatic carbocycles. The number of carbonyl (C=O) groups excluding carboxylic acids is 1. The van der Waals surface area contributed by atoms with Crippen molar-refractivity contribution in [3.63, 3.8) is 0 Å². The molecule has 1 N–H and O–H groups in total. The number of hydrogen-bond donors (Lipinski definition) is 1. The zero-order chi connectivity index (χ0) is 16.9. The number of aromatic nitrogens is 2. The van der Waals surface area contributed by atoms with Crippen LogP contribution in [0.2, 0.25) is 5.02 Å². The lowest BCUT2D eigenvalue weighted by atomic mass is 10.1. The quantitative estimate of drug-likeness (QED) is 0.768. The monoisotopic (exact) mass is 345 g/mol. The van der Waals surface area contributed by atoms with Crippen LogP contribution in [0.25, 0.3) is 11.5 Å². The molecule has 5 nitrogen and oxygen atoms in total. The Morgan fingerprint density at radius 1 is 1.12 bits per heavy atom. The molecule has 0 fully saturated rings. The Labute approximate surface area is 142 Å². The smallest absolute Gasteiger partial charge is 0.308 e. The topological polar surface area (TPSA) is 68.0 Å². The number of nitrogens with one attached hydrogen (secondary N) is 1. The van der Waals surface area contributed by atoms with Gasteiger partial charge in [-0.2, -0.15) is 0 Å². The molecular formula is C17H13ClFN3O2. The van der Waals surface area contributed by atoms with Gasteiger partial charge in [0, 0.05) is 11.6 Å². The first-order valence-electron chi connectivity index (χ1n) is 7.24. The van der Waals surface area contributed by atoms with Gasteiger partial charge in [0.15, 0.2) is 0 Å². The molecule has 0 aliphatic heterocycles. The summed E-state index contributed by atoms with van der Waals surface area (Å²) in [7, 11) is 0. The number of nitrogens with zero attached hydrogens (tertiary/aromatic N) is 2. The molecule has 1 heterocycles. The molecule has 0 aliphatic rings. The van der Waals surface area contributed by atoms with Gasteiger partial charge in [-0.1, -0.05) is 35.9 Å². The molecule has 24 heavy (non-hydrogen) atoms. The van der Waals surface area contributed by atoms with Crippen LogP contribution in [0.5, 0.6) is 0 Å². The van der Waals surface area contributed by atoms with Gasteiger partial charge in [-0.05, 0) is 36.2 Å². The van der Waals surface area contributed by atoms with Crippen molar-refractivity contribution in [1.82, 2.24) is 15.5 Å². The summed E-state index contributed by atoms with van der Waals surface area (Å²) in [5.74, 6) is -1.23. The highest BCUT2D eigenvalue weighted by molar-refractivity contribution is 6.30. The molecule has 1 aromatic heterocycles. The molecule has 0 spiro atoms. The Hall–Kier alpha value is -2.73. The highest BCUT2D eigenvalue weighted by Crippen LogP contribution is 2.20. The molecular weight excluding hydrogens is 333 g/mol. The van der Waals surface area contributed by atoms with E-state index in [1.807, 2.05) is 12.1 Å². The van der Waals surface area contributed by atoms with Gasteiger partial charge in [0.2, 0.25) is 0 Å². The second-order valence-corrected chi connectivity index (χ2v) is 5.46. The molecule has 0 saturated heterocycles. The van der Waals surface area contributed by atoms with Crippen molar-refractivity contribution in [2.75, 3.05) is 6.54 Å². The van der Waals surface area contributed by atoms with Gasteiger partial charge in [-0.25, -0.2) is 4.39 Å². The predicted molar refractivity (Wildman–Crippen MR) is 87.2 cm³/mol. The second kappa shape index (κ2) is 7.23. The third-order valence-electron chi connectivity index (χ3n) is 3.34. The standard InChI is InChI=1S/C17H13ClFN3O2/c18-12-7-5-11(6-8-12)9-10-20-15(23)17-22-21-16(24-17)13-3-1-2-4-14(13)19/h1-8H,9-10H2,(H,20,23). The van der Waals surface area contributed by atoms with Crippen LogP contribution < -0.4 is 5.32 Å². The Bertz CT molecular complexity index is 849. The van der Waals surface area contributed by atoms with E-state index in [1.165, 1.54) is 12.1 Å². The minimum atomic E-state index is -0.501. The lowest BCUT2D eigenvalue weighted by Gasteiger charge is -2.03. The van der Waals surface area contributed by atoms with E-state index >= 15 is 0 Å². The Balaban J connectivity index is 1.60. The molecule has 7 heteroatoms. The maximum Gasteiger partial charge on any atom is 0.308 e. The van der Waals surface area contributed by atoms with Crippen molar-refractivity contribution in [3.8, 4) is 11.5 Å². The largest absolute Gasteiger partial charge is 0.412 e. The van der Waals surface area contributed by atoms with Gasteiger partial charge in [0.1, 0.15) is 5.82 Å². The average Bonchev–Trinajstić information content (AvgIpc) is 3.07. The van der Waals surface area contributed by atoms with Crippen molar-refractivity contribution < 1.29 is 13.6 Å². The first kappa shape index (κ1) is 16.1. The van der Waals surface area contributed by atoms with Gasteiger partial charge in [-0.3, -0.25) is 4.79 Å². The molecule has 0 radical (unpaired) electrons. The molecule has 3 rings (SSSR count). The van der Waals surface area contributed by atoms with Crippen LogP contribution in [0, 0.1) is 5.82 Å². The fourth-order valence-electron chi connectivity index (χ4n) is 2.11. The SMILES string of the molecule is O=C(NCCc1ccc(Cl)cc1)c1nnc(-c2ccccc2F)o1. The summed E-state index contributed by atoms with van der Waals surface area (Å²) in [6.07, 6.45) is 0.636. The van der Waals surface area contributed by atoms with E-state index < -0.39 is 11.7 Å². The fraction of sp³-hybridized carbons (Fsp3) is 0.118. The van der Waals surface area contributed by atoms with Crippen molar-refractivity contribution >= 4 is 17.5 Å². The summed E-state index contributed by atoms with van der Waals surface area (Å²) < 4.78 is 18.9. The normalized spacial score (nSPS) is 10.6. The Morgan fingerprint density at radius 3 is 2.62 bits per heavy atom. The van der Waals surface area contributed by atoms with Crippen LogP contribution in [0.15, 0.2) is 52.9 Å². The summed E-state index contributed by atoms with van der Waals surface area (Å²) >= 11 is 5.82. The van der Waals surface area contributed by atoms with Crippen LogP contribution in [0.3, 0.4) is 0 Å². The number of benzene rings is 2. The van der Waals surface area contributed by atoms with Crippen LogP contribution in [0.4, 0.5) is 4.39 Å². The minimum absolute atomic E-state index is 0.0315. The zero-order valence-electron chi connectivity index (χ0n) is 12.5. The van der Waals surface area contributed by atoms with Crippen LogP contribution >= 0.6 is 11.6 Å².